The number of fused-ring (bicyclic) bond motifs is 1. The predicted octanol–water partition coefficient (Wildman–Crippen LogP) is 6.84. The van der Waals surface area contributed by atoms with E-state index in [0.717, 1.165) is 11.1 Å². The number of thioether (sulfide) groups is 1. The van der Waals surface area contributed by atoms with Gasteiger partial charge >= 0.3 is 5.97 Å². The summed E-state index contributed by atoms with van der Waals surface area (Å²) in [6, 6.07) is 21.9. The third-order valence-corrected chi connectivity index (χ3v) is 7.32. The number of carbonyl (C=O) groups is 1. The molecule has 2 heterocycles. The van der Waals surface area contributed by atoms with Gasteiger partial charge in [0, 0.05) is 11.4 Å². The van der Waals surface area contributed by atoms with Crippen molar-refractivity contribution in [3.63, 3.8) is 0 Å². The van der Waals surface area contributed by atoms with Gasteiger partial charge < -0.3 is 14.8 Å². The Labute approximate surface area is 237 Å². The van der Waals surface area contributed by atoms with Gasteiger partial charge in [-0.05, 0) is 62.6 Å². The highest BCUT2D eigenvalue weighted by Gasteiger charge is 2.35. The van der Waals surface area contributed by atoms with Crippen LogP contribution in [0.1, 0.15) is 49.1 Å². The first-order chi connectivity index (χ1) is 19.3. The molecule has 9 heteroatoms. The number of aryl methyl sites for hydroxylation is 1. The molecule has 7 nitrogen and oxygen atoms in total. The molecule has 0 saturated carbocycles. The minimum atomic E-state index is -0.566. The fraction of sp³-hybridized carbons (Fsp3) is 0.258. The highest BCUT2D eigenvalue weighted by atomic mass is 32.2. The number of hydrogen-bond donors (Lipinski definition) is 1. The van der Waals surface area contributed by atoms with Crippen molar-refractivity contribution in [2.75, 3.05) is 5.32 Å². The standard InChI is InChI=1S/C31H31FN4O3S/c1-19(2)39-29(37)27-21(4)33-30-34-31(40-18-24-7-5-6-8-26(24)32)35-36(30)28(27)23-13-15-25(16-14-23)38-17-22-11-9-20(3)10-12-22/h5-16,19,28H,17-18H2,1-4H3,(H,33,34,35). The van der Waals surface area contributed by atoms with E-state index in [2.05, 4.69) is 29.4 Å². The SMILES string of the molecule is CC1=C(C(=O)OC(C)C)C(c2ccc(OCc3ccc(C)cc3)cc2)n2nc(SCc3ccccc3F)nc2N1. The van der Waals surface area contributed by atoms with E-state index in [0.29, 0.717) is 46.0 Å². The van der Waals surface area contributed by atoms with E-state index < -0.39 is 12.0 Å². The molecule has 0 bridgehead atoms. The fourth-order valence-electron chi connectivity index (χ4n) is 4.40. The molecule has 0 saturated heterocycles. The second-order valence-electron chi connectivity index (χ2n) is 9.91. The first kappa shape index (κ1) is 27.5. The van der Waals surface area contributed by atoms with Crippen molar-refractivity contribution in [2.45, 2.75) is 57.4 Å². The highest BCUT2D eigenvalue weighted by Crippen LogP contribution is 2.38. The third kappa shape index (κ3) is 6.20. The van der Waals surface area contributed by atoms with E-state index >= 15 is 0 Å². The Morgan fingerprint density at radius 1 is 1.05 bits per heavy atom. The largest absolute Gasteiger partial charge is 0.489 e. The lowest BCUT2D eigenvalue weighted by Crippen LogP contribution is -2.30. The van der Waals surface area contributed by atoms with Crippen molar-refractivity contribution >= 4 is 23.7 Å². The molecule has 0 fully saturated rings. The van der Waals surface area contributed by atoms with Gasteiger partial charge in [0.2, 0.25) is 11.1 Å². The lowest BCUT2D eigenvalue weighted by molar-refractivity contribution is -0.143. The molecular weight excluding hydrogens is 527 g/mol. The van der Waals surface area contributed by atoms with Crippen LogP contribution >= 0.6 is 11.8 Å². The lowest BCUT2D eigenvalue weighted by atomic mass is 9.95. The molecule has 5 rings (SSSR count). The van der Waals surface area contributed by atoms with Gasteiger partial charge in [0.25, 0.3) is 0 Å². The van der Waals surface area contributed by atoms with Crippen LogP contribution in [0.3, 0.4) is 0 Å². The molecule has 1 atom stereocenters. The maximum atomic E-state index is 14.2. The number of rotatable bonds is 9. The maximum absolute atomic E-state index is 14.2. The van der Waals surface area contributed by atoms with Crippen LogP contribution in [0, 0.1) is 12.7 Å². The van der Waals surface area contributed by atoms with Crippen LogP contribution in [-0.2, 0) is 21.9 Å². The lowest BCUT2D eigenvalue weighted by Gasteiger charge is -2.28. The van der Waals surface area contributed by atoms with Gasteiger partial charge in [-0.15, -0.1) is 5.10 Å². The van der Waals surface area contributed by atoms with Gasteiger partial charge in [0.1, 0.15) is 24.2 Å². The van der Waals surface area contributed by atoms with Crippen LogP contribution in [0.4, 0.5) is 10.3 Å². The Bertz CT molecular complexity index is 1530. The minimum absolute atomic E-state index is 0.268. The number of halogens is 1. The van der Waals surface area contributed by atoms with E-state index in [1.807, 2.05) is 57.2 Å². The van der Waals surface area contributed by atoms with E-state index in [4.69, 9.17) is 14.6 Å². The van der Waals surface area contributed by atoms with E-state index in [9.17, 15) is 9.18 Å². The monoisotopic (exact) mass is 558 g/mol. The number of nitrogens with one attached hydrogen (secondary N) is 1. The average Bonchev–Trinajstić information content (AvgIpc) is 3.34. The Balaban J connectivity index is 1.42. The van der Waals surface area contributed by atoms with E-state index in [1.165, 1.54) is 23.4 Å². The quantitative estimate of drug-likeness (QED) is 0.178. The summed E-state index contributed by atoms with van der Waals surface area (Å²) >= 11 is 1.33. The zero-order valence-electron chi connectivity index (χ0n) is 22.8. The van der Waals surface area contributed by atoms with Crippen molar-refractivity contribution in [1.82, 2.24) is 14.8 Å². The summed E-state index contributed by atoms with van der Waals surface area (Å²) < 4.78 is 27.4. The summed E-state index contributed by atoms with van der Waals surface area (Å²) in [4.78, 5) is 17.9. The number of nitrogens with zero attached hydrogens (tertiary/aromatic N) is 3. The fourth-order valence-corrected chi connectivity index (χ4v) is 5.21. The second kappa shape index (κ2) is 12.0. The summed E-state index contributed by atoms with van der Waals surface area (Å²) in [5, 5.41) is 8.39. The average molecular weight is 559 g/mol. The number of allylic oxidation sites excluding steroid dienone is 1. The maximum Gasteiger partial charge on any atom is 0.338 e. The summed E-state index contributed by atoms with van der Waals surface area (Å²) in [6.45, 7) is 7.97. The normalized spacial score (nSPS) is 14.6. The molecule has 1 aliphatic heterocycles. The van der Waals surface area contributed by atoms with Crippen molar-refractivity contribution in [3.05, 3.63) is 112 Å². The van der Waals surface area contributed by atoms with Gasteiger partial charge in [-0.2, -0.15) is 4.98 Å². The highest BCUT2D eigenvalue weighted by molar-refractivity contribution is 7.98. The van der Waals surface area contributed by atoms with Gasteiger partial charge in [-0.3, -0.25) is 0 Å². The molecule has 0 radical (unpaired) electrons. The molecule has 1 aromatic heterocycles. The summed E-state index contributed by atoms with van der Waals surface area (Å²) in [7, 11) is 0. The molecule has 3 aromatic carbocycles. The first-order valence-electron chi connectivity index (χ1n) is 13.1. The summed E-state index contributed by atoms with van der Waals surface area (Å²) in [5.74, 6) is 0.898. The van der Waals surface area contributed by atoms with Crippen molar-refractivity contribution in [3.8, 4) is 5.75 Å². The molecule has 1 aliphatic rings. The Kier molecular flexibility index (Phi) is 8.21. The summed E-state index contributed by atoms with van der Waals surface area (Å²) in [5.41, 5.74) is 4.77. The number of esters is 1. The van der Waals surface area contributed by atoms with Crippen LogP contribution in [0.25, 0.3) is 0 Å². The molecule has 0 spiro atoms. The minimum Gasteiger partial charge on any atom is -0.489 e. The van der Waals surface area contributed by atoms with Gasteiger partial charge in [-0.25, -0.2) is 13.9 Å². The zero-order chi connectivity index (χ0) is 28.2. The number of benzene rings is 3. The Morgan fingerprint density at radius 3 is 2.48 bits per heavy atom. The van der Waals surface area contributed by atoms with Crippen molar-refractivity contribution < 1.29 is 18.7 Å². The van der Waals surface area contributed by atoms with Crippen molar-refractivity contribution in [1.29, 1.82) is 0 Å². The van der Waals surface area contributed by atoms with E-state index in [1.54, 1.807) is 22.9 Å². The molecule has 206 valence electrons. The molecule has 40 heavy (non-hydrogen) atoms. The van der Waals surface area contributed by atoms with Gasteiger partial charge in [0.15, 0.2) is 0 Å². The Morgan fingerprint density at radius 2 is 1.77 bits per heavy atom. The Hall–Kier alpha value is -4.11. The third-order valence-electron chi connectivity index (χ3n) is 6.43. The number of hydrogen-bond acceptors (Lipinski definition) is 7. The molecule has 4 aromatic rings. The van der Waals surface area contributed by atoms with Crippen LogP contribution in [-0.4, -0.2) is 26.8 Å². The number of anilines is 1. The molecule has 0 aliphatic carbocycles. The van der Waals surface area contributed by atoms with Crippen molar-refractivity contribution in [2.24, 2.45) is 0 Å². The first-order valence-corrected chi connectivity index (χ1v) is 14.1. The molecule has 0 amide bonds. The van der Waals surface area contributed by atoms with E-state index in [-0.39, 0.29) is 11.9 Å². The number of ether oxygens (including phenoxy) is 2. The second-order valence-corrected chi connectivity index (χ2v) is 10.8. The van der Waals surface area contributed by atoms with Gasteiger partial charge in [-0.1, -0.05) is 71.9 Å². The number of aromatic nitrogens is 3. The smallest absolute Gasteiger partial charge is 0.338 e. The van der Waals surface area contributed by atoms with Crippen LogP contribution in [0.5, 0.6) is 5.75 Å². The molecule has 1 N–H and O–H groups in total. The summed E-state index contributed by atoms with van der Waals surface area (Å²) in [6.07, 6.45) is -0.282. The van der Waals surface area contributed by atoms with Crippen LogP contribution < -0.4 is 10.1 Å². The van der Waals surface area contributed by atoms with Gasteiger partial charge in [0.05, 0.1) is 11.7 Å². The van der Waals surface area contributed by atoms with Crippen LogP contribution in [0.15, 0.2) is 89.2 Å². The van der Waals surface area contributed by atoms with Crippen LogP contribution in [0.2, 0.25) is 0 Å². The predicted molar refractivity (Wildman–Crippen MR) is 154 cm³/mol. The molecule has 1 unspecified atom stereocenters. The number of carbonyl (C=O) groups excluding carboxylic acids is 1. The topological polar surface area (TPSA) is 78.3 Å². The molecular formula is C31H31FN4O3S. The zero-order valence-corrected chi connectivity index (χ0v) is 23.7.